The zero-order valence-electron chi connectivity index (χ0n) is 19.8. The minimum atomic E-state index is -0.0392. The lowest BCUT2D eigenvalue weighted by Gasteiger charge is -2.15. The summed E-state index contributed by atoms with van der Waals surface area (Å²) in [6.07, 6.45) is 1.97. The molecule has 0 aromatic heterocycles. The molecule has 1 aliphatic rings. The van der Waals surface area contributed by atoms with Gasteiger partial charge < -0.3 is 4.74 Å². The molecule has 35 heavy (non-hydrogen) atoms. The van der Waals surface area contributed by atoms with Gasteiger partial charge in [0.15, 0.2) is 5.17 Å². The van der Waals surface area contributed by atoms with Crippen LogP contribution >= 0.6 is 11.8 Å². The van der Waals surface area contributed by atoms with Gasteiger partial charge in [0.1, 0.15) is 5.75 Å². The second kappa shape index (κ2) is 10.2. The number of hydrogen-bond acceptors (Lipinski definition) is 4. The van der Waals surface area contributed by atoms with Crippen molar-refractivity contribution in [1.82, 2.24) is 4.90 Å². The highest BCUT2D eigenvalue weighted by atomic mass is 32.2. The van der Waals surface area contributed by atoms with Gasteiger partial charge in [-0.1, -0.05) is 78.4 Å². The number of benzene rings is 4. The zero-order valence-corrected chi connectivity index (χ0v) is 20.6. The van der Waals surface area contributed by atoms with E-state index < -0.39 is 0 Å². The lowest BCUT2D eigenvalue weighted by Crippen LogP contribution is -2.28. The van der Waals surface area contributed by atoms with Crippen molar-refractivity contribution in [2.24, 2.45) is 4.99 Å². The predicted molar refractivity (Wildman–Crippen MR) is 146 cm³/mol. The number of amidine groups is 1. The summed E-state index contributed by atoms with van der Waals surface area (Å²) in [4.78, 5) is 20.9. The van der Waals surface area contributed by atoms with Gasteiger partial charge in [0.25, 0.3) is 5.91 Å². The van der Waals surface area contributed by atoms with Crippen molar-refractivity contribution < 1.29 is 9.53 Å². The van der Waals surface area contributed by atoms with Crippen LogP contribution in [0.25, 0.3) is 16.8 Å². The predicted octanol–water partition coefficient (Wildman–Crippen LogP) is 7.35. The van der Waals surface area contributed by atoms with E-state index in [1.165, 1.54) is 17.3 Å². The molecule has 0 N–H and O–H groups in total. The highest BCUT2D eigenvalue weighted by molar-refractivity contribution is 8.18. The molecule has 5 rings (SSSR count). The van der Waals surface area contributed by atoms with Crippen molar-refractivity contribution in [2.45, 2.75) is 20.4 Å². The zero-order chi connectivity index (χ0) is 24.2. The number of carbonyl (C=O) groups excluding carboxylic acids is 1. The normalized spacial score (nSPS) is 15.9. The van der Waals surface area contributed by atoms with Gasteiger partial charge in [-0.05, 0) is 66.4 Å². The summed E-state index contributed by atoms with van der Waals surface area (Å²) in [5.74, 6) is 0.811. The number of ether oxygens (including phenoxy) is 1. The Kier molecular flexibility index (Phi) is 6.68. The molecule has 0 aliphatic carbocycles. The number of amides is 1. The fraction of sp³-hybridized carbons (Fsp3) is 0.133. The number of aryl methyl sites for hydroxylation is 1. The van der Waals surface area contributed by atoms with Crippen LogP contribution in [0.2, 0.25) is 0 Å². The first kappa shape index (κ1) is 22.9. The maximum Gasteiger partial charge on any atom is 0.267 e. The van der Waals surface area contributed by atoms with Crippen LogP contribution in [0, 0.1) is 6.92 Å². The lowest BCUT2D eigenvalue weighted by atomic mass is 10.0. The van der Waals surface area contributed by atoms with Gasteiger partial charge in [-0.2, -0.15) is 0 Å². The summed E-state index contributed by atoms with van der Waals surface area (Å²) in [5, 5.41) is 2.77. The Labute approximate surface area is 210 Å². The van der Waals surface area contributed by atoms with Crippen molar-refractivity contribution in [3.8, 4) is 5.75 Å². The molecule has 174 valence electrons. The Hall–Kier alpha value is -3.83. The van der Waals surface area contributed by atoms with Crippen LogP contribution in [-0.4, -0.2) is 22.6 Å². The van der Waals surface area contributed by atoms with Gasteiger partial charge in [-0.3, -0.25) is 9.69 Å². The van der Waals surface area contributed by atoms with Crippen molar-refractivity contribution in [2.75, 3.05) is 6.61 Å². The molecule has 4 nitrogen and oxygen atoms in total. The molecule has 0 radical (unpaired) electrons. The molecule has 1 amide bonds. The first-order chi connectivity index (χ1) is 17.1. The summed E-state index contributed by atoms with van der Waals surface area (Å²) in [6, 6.07) is 30.2. The molecule has 0 atom stereocenters. The van der Waals surface area contributed by atoms with E-state index in [9.17, 15) is 4.79 Å². The Morgan fingerprint density at radius 2 is 1.60 bits per heavy atom. The maximum atomic E-state index is 13.6. The van der Waals surface area contributed by atoms with Crippen LogP contribution in [0.3, 0.4) is 0 Å². The Morgan fingerprint density at radius 1 is 0.886 bits per heavy atom. The van der Waals surface area contributed by atoms with Crippen LogP contribution in [0.4, 0.5) is 5.69 Å². The molecular weight excluding hydrogens is 452 g/mol. The van der Waals surface area contributed by atoms with Crippen molar-refractivity contribution in [3.05, 3.63) is 113 Å². The van der Waals surface area contributed by atoms with Crippen LogP contribution in [0.1, 0.15) is 23.6 Å². The average molecular weight is 479 g/mol. The van der Waals surface area contributed by atoms with Gasteiger partial charge in [-0.25, -0.2) is 4.99 Å². The maximum absolute atomic E-state index is 13.6. The lowest BCUT2D eigenvalue weighted by molar-refractivity contribution is -0.122. The first-order valence-corrected chi connectivity index (χ1v) is 12.5. The number of hydrogen-bond donors (Lipinski definition) is 0. The van der Waals surface area contributed by atoms with E-state index in [0.29, 0.717) is 23.2 Å². The molecule has 0 spiro atoms. The fourth-order valence-electron chi connectivity index (χ4n) is 4.07. The van der Waals surface area contributed by atoms with E-state index in [1.54, 1.807) is 4.90 Å². The second-order valence-electron chi connectivity index (χ2n) is 8.35. The van der Waals surface area contributed by atoms with E-state index in [1.807, 2.05) is 91.9 Å². The Bertz CT molecular complexity index is 1430. The molecule has 4 aromatic rings. The van der Waals surface area contributed by atoms with Gasteiger partial charge >= 0.3 is 0 Å². The fourth-order valence-corrected chi connectivity index (χ4v) is 5.06. The highest BCUT2D eigenvalue weighted by Gasteiger charge is 2.33. The average Bonchev–Trinajstić information content (AvgIpc) is 3.16. The number of nitrogens with zero attached hydrogens (tertiary/aromatic N) is 2. The number of carbonyl (C=O) groups is 1. The molecule has 1 fully saturated rings. The standard InChI is InChI=1S/C30H26N2O2S/c1-3-34-27-18-15-23(25-11-7-8-12-26(25)27)19-28-29(33)32(20-22-9-5-4-6-10-22)30(35-28)31-24-16-13-21(2)14-17-24/h4-19H,3,20H2,1-2H3/b28-19+,31-30?. The number of fused-ring (bicyclic) bond motifs is 1. The molecule has 0 bridgehead atoms. The molecule has 1 aliphatic heterocycles. The highest BCUT2D eigenvalue weighted by Crippen LogP contribution is 2.37. The summed E-state index contributed by atoms with van der Waals surface area (Å²) in [5.41, 5.74) is 4.05. The smallest absolute Gasteiger partial charge is 0.267 e. The monoisotopic (exact) mass is 478 g/mol. The van der Waals surface area contributed by atoms with Gasteiger partial charge in [0.2, 0.25) is 0 Å². The molecular formula is C30H26N2O2S. The minimum absolute atomic E-state index is 0.0392. The quantitative estimate of drug-likeness (QED) is 0.272. The van der Waals surface area contributed by atoms with Crippen LogP contribution in [0.5, 0.6) is 5.75 Å². The van der Waals surface area contributed by atoms with Crippen LogP contribution < -0.4 is 4.74 Å². The van der Waals surface area contributed by atoms with E-state index in [0.717, 1.165) is 33.3 Å². The van der Waals surface area contributed by atoms with E-state index in [-0.39, 0.29) is 5.91 Å². The van der Waals surface area contributed by atoms with Crippen LogP contribution in [-0.2, 0) is 11.3 Å². The number of aliphatic imine (C=N–C) groups is 1. The van der Waals surface area contributed by atoms with Gasteiger partial charge in [-0.15, -0.1) is 0 Å². The topological polar surface area (TPSA) is 41.9 Å². The molecule has 4 aromatic carbocycles. The number of thioether (sulfide) groups is 1. The largest absolute Gasteiger partial charge is 0.493 e. The Balaban J connectivity index is 1.55. The van der Waals surface area contributed by atoms with E-state index in [4.69, 9.17) is 9.73 Å². The molecule has 1 saturated heterocycles. The van der Waals surface area contributed by atoms with Gasteiger partial charge in [0.05, 0.1) is 23.7 Å². The third-order valence-corrected chi connectivity index (χ3v) is 6.84. The van der Waals surface area contributed by atoms with Crippen LogP contribution in [0.15, 0.2) is 101 Å². The molecule has 5 heteroatoms. The van der Waals surface area contributed by atoms with Crippen molar-refractivity contribution in [3.63, 3.8) is 0 Å². The number of rotatable bonds is 6. The Morgan fingerprint density at radius 3 is 2.34 bits per heavy atom. The van der Waals surface area contributed by atoms with E-state index in [2.05, 4.69) is 19.1 Å². The summed E-state index contributed by atoms with van der Waals surface area (Å²) in [6.45, 7) is 5.11. The summed E-state index contributed by atoms with van der Waals surface area (Å²) < 4.78 is 5.82. The van der Waals surface area contributed by atoms with Crippen molar-refractivity contribution >= 4 is 45.4 Å². The minimum Gasteiger partial charge on any atom is -0.493 e. The summed E-state index contributed by atoms with van der Waals surface area (Å²) in [7, 11) is 0. The SMILES string of the molecule is CCOc1ccc(/C=C2/SC(=Nc3ccc(C)cc3)N(Cc3ccccc3)C2=O)c2ccccc12. The van der Waals surface area contributed by atoms with E-state index >= 15 is 0 Å². The second-order valence-corrected chi connectivity index (χ2v) is 9.36. The van der Waals surface area contributed by atoms with Gasteiger partial charge in [0, 0.05) is 5.39 Å². The molecule has 1 heterocycles. The third kappa shape index (κ3) is 5.00. The molecule has 0 saturated carbocycles. The van der Waals surface area contributed by atoms with Crippen molar-refractivity contribution in [1.29, 1.82) is 0 Å². The first-order valence-electron chi connectivity index (χ1n) is 11.7. The molecule has 0 unspecified atom stereocenters. The third-order valence-electron chi connectivity index (χ3n) is 5.83. The summed E-state index contributed by atoms with van der Waals surface area (Å²) >= 11 is 1.42.